The molecule has 1 fully saturated rings. The van der Waals surface area contributed by atoms with E-state index in [2.05, 4.69) is 21.2 Å². The number of rotatable bonds is 4. The summed E-state index contributed by atoms with van der Waals surface area (Å²) >= 11 is 3.41. The van der Waals surface area contributed by atoms with E-state index in [1.54, 1.807) is 19.1 Å². The second-order valence-electron chi connectivity index (χ2n) is 4.86. The maximum atomic E-state index is 12.3. The van der Waals surface area contributed by atoms with Gasteiger partial charge in [-0.1, -0.05) is 15.9 Å². The fraction of sp³-hybridized carbons (Fsp3) is 0.429. The monoisotopic (exact) mass is 340 g/mol. The number of carbonyl (C=O) groups excluding carboxylic acids is 2. The van der Waals surface area contributed by atoms with Gasteiger partial charge in [0, 0.05) is 36.6 Å². The molecule has 1 saturated heterocycles. The number of nitrogens with one attached hydrogen (secondary N) is 1. The van der Waals surface area contributed by atoms with Crippen molar-refractivity contribution in [3.05, 3.63) is 28.2 Å². The molecule has 20 heavy (non-hydrogen) atoms. The molecule has 1 aliphatic heterocycles. The minimum Gasteiger partial charge on any atom is -0.496 e. The van der Waals surface area contributed by atoms with Gasteiger partial charge in [-0.2, -0.15) is 0 Å². The molecule has 0 bridgehead atoms. The summed E-state index contributed by atoms with van der Waals surface area (Å²) in [6.45, 7) is 0.879. The Kier molecular flexibility index (Phi) is 4.65. The van der Waals surface area contributed by atoms with Crippen LogP contribution >= 0.6 is 15.9 Å². The lowest BCUT2D eigenvalue weighted by Crippen LogP contribution is -2.33. The van der Waals surface area contributed by atoms with Gasteiger partial charge in [0.25, 0.3) is 0 Å². The summed E-state index contributed by atoms with van der Waals surface area (Å²) in [7, 11) is 3.35. The first-order valence-electron chi connectivity index (χ1n) is 6.35. The molecule has 0 spiro atoms. The van der Waals surface area contributed by atoms with Crippen LogP contribution in [0.2, 0.25) is 0 Å². The summed E-state index contributed by atoms with van der Waals surface area (Å²) in [6.07, 6.45) is 0.277. The lowest BCUT2D eigenvalue weighted by atomic mass is 10.1. The predicted molar refractivity (Wildman–Crippen MR) is 78.3 cm³/mol. The molecule has 1 aromatic rings. The number of hydrogen-bond acceptors (Lipinski definition) is 3. The van der Waals surface area contributed by atoms with Crippen LogP contribution in [0, 0.1) is 5.92 Å². The molecule has 1 atom stereocenters. The summed E-state index contributed by atoms with van der Waals surface area (Å²) < 4.78 is 6.24. The molecule has 2 rings (SSSR count). The van der Waals surface area contributed by atoms with E-state index in [1.807, 2.05) is 18.2 Å². The zero-order valence-electron chi connectivity index (χ0n) is 11.5. The Balaban J connectivity index is 2.07. The topological polar surface area (TPSA) is 58.6 Å². The van der Waals surface area contributed by atoms with Crippen LogP contribution in [0.3, 0.4) is 0 Å². The van der Waals surface area contributed by atoms with Crippen molar-refractivity contribution in [2.24, 2.45) is 5.92 Å². The fourth-order valence-electron chi connectivity index (χ4n) is 2.30. The Bertz CT molecular complexity index is 533. The van der Waals surface area contributed by atoms with Crippen LogP contribution in [0.25, 0.3) is 0 Å². The van der Waals surface area contributed by atoms with Crippen LogP contribution in [-0.2, 0) is 16.1 Å². The van der Waals surface area contributed by atoms with Gasteiger partial charge in [-0.3, -0.25) is 9.59 Å². The minimum absolute atomic E-state index is 0.0228. The second kappa shape index (κ2) is 6.26. The summed E-state index contributed by atoms with van der Waals surface area (Å²) in [4.78, 5) is 25.1. The fourth-order valence-corrected chi connectivity index (χ4v) is 2.70. The third kappa shape index (κ3) is 3.30. The number of ether oxygens (including phenoxy) is 1. The smallest absolute Gasteiger partial charge is 0.228 e. The molecule has 108 valence electrons. The van der Waals surface area contributed by atoms with Gasteiger partial charge in [0.15, 0.2) is 0 Å². The molecule has 1 N–H and O–H groups in total. The number of benzene rings is 1. The first kappa shape index (κ1) is 14.8. The van der Waals surface area contributed by atoms with Gasteiger partial charge in [-0.15, -0.1) is 0 Å². The Labute approximate surface area is 126 Å². The Hall–Kier alpha value is -1.56. The molecular weight excluding hydrogens is 324 g/mol. The van der Waals surface area contributed by atoms with Crippen molar-refractivity contribution in [3.8, 4) is 5.75 Å². The lowest BCUT2D eigenvalue weighted by molar-refractivity contribution is -0.135. The van der Waals surface area contributed by atoms with Gasteiger partial charge >= 0.3 is 0 Å². The highest BCUT2D eigenvalue weighted by Crippen LogP contribution is 2.25. The van der Waals surface area contributed by atoms with Crippen molar-refractivity contribution in [1.82, 2.24) is 10.2 Å². The standard InChI is InChI=1S/C14H17BrN2O3/c1-17(14(19)9-6-13(18)16-7-9)8-10-5-11(15)3-4-12(10)20-2/h3-5,9H,6-8H2,1-2H3,(H,16,18). The highest BCUT2D eigenvalue weighted by Gasteiger charge is 2.30. The molecule has 0 aliphatic carbocycles. The molecule has 1 aliphatic rings. The van der Waals surface area contributed by atoms with E-state index in [1.165, 1.54) is 0 Å². The van der Waals surface area contributed by atoms with Crippen molar-refractivity contribution in [1.29, 1.82) is 0 Å². The molecule has 1 heterocycles. The zero-order chi connectivity index (χ0) is 14.7. The first-order valence-corrected chi connectivity index (χ1v) is 7.14. The molecule has 6 heteroatoms. The molecule has 5 nitrogen and oxygen atoms in total. The third-order valence-electron chi connectivity index (χ3n) is 3.35. The maximum Gasteiger partial charge on any atom is 0.228 e. The molecule has 0 radical (unpaired) electrons. The van der Waals surface area contributed by atoms with E-state index >= 15 is 0 Å². The highest BCUT2D eigenvalue weighted by molar-refractivity contribution is 9.10. The largest absolute Gasteiger partial charge is 0.496 e. The maximum absolute atomic E-state index is 12.3. The number of halogens is 1. The molecular formula is C14H17BrN2O3. The normalized spacial score (nSPS) is 17.8. The Morgan fingerprint density at radius 1 is 1.55 bits per heavy atom. The van der Waals surface area contributed by atoms with E-state index < -0.39 is 0 Å². The zero-order valence-corrected chi connectivity index (χ0v) is 13.1. The second-order valence-corrected chi connectivity index (χ2v) is 5.77. The van der Waals surface area contributed by atoms with E-state index in [0.29, 0.717) is 13.1 Å². The van der Waals surface area contributed by atoms with E-state index in [-0.39, 0.29) is 24.2 Å². The molecule has 2 amide bonds. The van der Waals surface area contributed by atoms with Crippen molar-refractivity contribution >= 4 is 27.7 Å². The van der Waals surface area contributed by atoms with Crippen molar-refractivity contribution in [2.45, 2.75) is 13.0 Å². The Morgan fingerprint density at radius 3 is 2.90 bits per heavy atom. The van der Waals surface area contributed by atoms with Gasteiger partial charge in [-0.05, 0) is 18.2 Å². The first-order chi connectivity index (χ1) is 9.51. The van der Waals surface area contributed by atoms with Gasteiger partial charge in [-0.25, -0.2) is 0 Å². The number of carbonyl (C=O) groups is 2. The summed E-state index contributed by atoms with van der Waals surface area (Å²) in [6, 6.07) is 5.68. The molecule has 1 aromatic carbocycles. The number of hydrogen-bond donors (Lipinski definition) is 1. The predicted octanol–water partition coefficient (Wildman–Crippen LogP) is 1.55. The lowest BCUT2D eigenvalue weighted by Gasteiger charge is -2.21. The quantitative estimate of drug-likeness (QED) is 0.904. The van der Waals surface area contributed by atoms with E-state index in [9.17, 15) is 9.59 Å². The Morgan fingerprint density at radius 2 is 2.30 bits per heavy atom. The average Bonchev–Trinajstić information content (AvgIpc) is 2.84. The molecule has 0 saturated carbocycles. The highest BCUT2D eigenvalue weighted by atomic mass is 79.9. The number of methoxy groups -OCH3 is 1. The number of amides is 2. The van der Waals surface area contributed by atoms with Gasteiger partial charge in [0.2, 0.25) is 11.8 Å². The summed E-state index contributed by atoms with van der Waals surface area (Å²) in [5.74, 6) is 0.404. The minimum atomic E-state index is -0.259. The third-order valence-corrected chi connectivity index (χ3v) is 3.85. The molecule has 1 unspecified atom stereocenters. The van der Waals surface area contributed by atoms with Crippen LogP contribution in [0.1, 0.15) is 12.0 Å². The average molecular weight is 341 g/mol. The van der Waals surface area contributed by atoms with Crippen LogP contribution in [0.5, 0.6) is 5.75 Å². The summed E-state index contributed by atoms with van der Waals surface area (Å²) in [5, 5.41) is 2.68. The summed E-state index contributed by atoms with van der Waals surface area (Å²) in [5.41, 5.74) is 0.926. The van der Waals surface area contributed by atoms with Gasteiger partial charge in [0.1, 0.15) is 5.75 Å². The van der Waals surface area contributed by atoms with E-state index in [0.717, 1.165) is 15.8 Å². The van der Waals surface area contributed by atoms with Gasteiger partial charge in [0.05, 0.1) is 13.0 Å². The van der Waals surface area contributed by atoms with Crippen LogP contribution in [-0.4, -0.2) is 37.4 Å². The van der Waals surface area contributed by atoms with Crippen LogP contribution in [0.15, 0.2) is 22.7 Å². The van der Waals surface area contributed by atoms with E-state index in [4.69, 9.17) is 4.74 Å². The van der Waals surface area contributed by atoms with Crippen molar-refractivity contribution in [2.75, 3.05) is 20.7 Å². The molecule has 0 aromatic heterocycles. The van der Waals surface area contributed by atoms with Crippen LogP contribution in [0.4, 0.5) is 0 Å². The van der Waals surface area contributed by atoms with Crippen molar-refractivity contribution < 1.29 is 14.3 Å². The SMILES string of the molecule is COc1ccc(Br)cc1CN(C)C(=O)C1CNC(=O)C1. The number of nitrogens with zero attached hydrogens (tertiary/aromatic N) is 1. The van der Waals surface area contributed by atoms with Crippen LogP contribution < -0.4 is 10.1 Å². The van der Waals surface area contributed by atoms with Crippen molar-refractivity contribution in [3.63, 3.8) is 0 Å². The van der Waals surface area contributed by atoms with Gasteiger partial charge < -0.3 is 15.0 Å².